The zero-order valence-electron chi connectivity index (χ0n) is 6.28. The van der Waals surface area contributed by atoms with Crippen molar-refractivity contribution >= 4 is 7.37 Å². The van der Waals surface area contributed by atoms with Crippen molar-refractivity contribution in [3.63, 3.8) is 0 Å². The Bertz CT molecular complexity index is 153. The van der Waals surface area contributed by atoms with Gasteiger partial charge in [-0.05, 0) is 6.92 Å². The molecule has 0 radical (unpaired) electrons. The molecule has 0 aliphatic rings. The van der Waals surface area contributed by atoms with E-state index >= 15 is 0 Å². The highest BCUT2D eigenvalue weighted by atomic mass is 31.2. The average Bonchev–Trinajstić information content (AvgIpc) is 1.89. The van der Waals surface area contributed by atoms with E-state index < -0.39 is 7.37 Å². The largest absolute Gasteiger partial charge is 0.501 e. The van der Waals surface area contributed by atoms with E-state index in [1.807, 2.05) is 6.92 Å². The molecule has 4 heteroatoms. The minimum absolute atomic E-state index is 0.260. The minimum atomic E-state index is -3.01. The molecule has 1 unspecified atom stereocenters. The normalized spacial score (nSPS) is 17.1. The standard InChI is InChI=1S/C6H13O3P/c1-3-9-5-6-10(7,8)4-2/h5-6H,3-4H2,1-2H3,(H,7,8)/b6-5+. The summed E-state index contributed by atoms with van der Waals surface area (Å²) in [6.07, 6.45) is 1.54. The lowest BCUT2D eigenvalue weighted by atomic mass is 10.9. The van der Waals surface area contributed by atoms with E-state index in [4.69, 9.17) is 9.63 Å². The molecule has 0 spiro atoms. The Morgan fingerprint density at radius 3 is 2.60 bits per heavy atom. The number of hydrogen-bond donors (Lipinski definition) is 1. The van der Waals surface area contributed by atoms with Gasteiger partial charge in [0.2, 0.25) is 7.37 Å². The topological polar surface area (TPSA) is 46.5 Å². The first-order chi connectivity index (χ1) is 4.62. The van der Waals surface area contributed by atoms with Crippen LogP contribution in [0.4, 0.5) is 0 Å². The van der Waals surface area contributed by atoms with Gasteiger partial charge in [-0.3, -0.25) is 4.57 Å². The summed E-state index contributed by atoms with van der Waals surface area (Å²) in [6, 6.07) is 0. The van der Waals surface area contributed by atoms with Crippen molar-refractivity contribution in [1.82, 2.24) is 0 Å². The maximum absolute atomic E-state index is 10.8. The van der Waals surface area contributed by atoms with Gasteiger partial charge in [0.1, 0.15) is 0 Å². The molecule has 10 heavy (non-hydrogen) atoms. The highest BCUT2D eigenvalue weighted by molar-refractivity contribution is 7.61. The van der Waals surface area contributed by atoms with Crippen molar-refractivity contribution in [3.05, 3.63) is 12.1 Å². The van der Waals surface area contributed by atoms with E-state index in [2.05, 4.69) is 0 Å². The van der Waals surface area contributed by atoms with Crippen molar-refractivity contribution < 1.29 is 14.2 Å². The van der Waals surface area contributed by atoms with Gasteiger partial charge >= 0.3 is 0 Å². The van der Waals surface area contributed by atoms with Gasteiger partial charge in [-0.15, -0.1) is 0 Å². The summed E-state index contributed by atoms with van der Waals surface area (Å²) in [5.41, 5.74) is 0. The third kappa shape index (κ3) is 4.59. The minimum Gasteiger partial charge on any atom is -0.501 e. The average molecular weight is 164 g/mol. The number of hydrogen-bond acceptors (Lipinski definition) is 2. The smallest absolute Gasteiger partial charge is 0.225 e. The van der Waals surface area contributed by atoms with E-state index in [1.54, 1.807) is 6.92 Å². The lowest BCUT2D eigenvalue weighted by molar-refractivity contribution is 0.269. The monoisotopic (exact) mass is 164 g/mol. The summed E-state index contributed by atoms with van der Waals surface area (Å²) in [4.78, 5) is 8.94. The summed E-state index contributed by atoms with van der Waals surface area (Å²) in [7, 11) is -3.01. The molecule has 0 aromatic rings. The third-order valence-corrected chi connectivity index (χ3v) is 2.50. The highest BCUT2D eigenvalue weighted by Crippen LogP contribution is 2.41. The molecule has 0 amide bonds. The van der Waals surface area contributed by atoms with Crippen LogP contribution in [0.2, 0.25) is 0 Å². The Morgan fingerprint density at radius 2 is 2.20 bits per heavy atom. The second kappa shape index (κ2) is 4.53. The Labute approximate surface area is 61.2 Å². The van der Waals surface area contributed by atoms with E-state index in [9.17, 15) is 4.57 Å². The molecule has 0 bridgehead atoms. The summed E-state index contributed by atoms with van der Waals surface area (Å²) in [6.45, 7) is 4.01. The molecule has 0 rings (SSSR count). The van der Waals surface area contributed by atoms with Gasteiger partial charge in [0.25, 0.3) is 0 Å². The number of rotatable bonds is 4. The fraction of sp³-hybridized carbons (Fsp3) is 0.667. The van der Waals surface area contributed by atoms with Crippen LogP contribution in [0.1, 0.15) is 13.8 Å². The Hall–Kier alpha value is -0.270. The maximum Gasteiger partial charge on any atom is 0.225 e. The molecule has 0 aromatic heterocycles. The molecule has 3 nitrogen and oxygen atoms in total. The molecule has 0 saturated heterocycles. The van der Waals surface area contributed by atoms with Crippen LogP contribution in [0.25, 0.3) is 0 Å². The molecule has 1 N–H and O–H groups in total. The van der Waals surface area contributed by atoms with Gasteiger partial charge < -0.3 is 9.63 Å². The molecule has 0 fully saturated rings. The molecule has 0 aliphatic heterocycles. The van der Waals surface area contributed by atoms with Gasteiger partial charge in [0.15, 0.2) is 0 Å². The predicted octanol–water partition coefficient (Wildman–Crippen LogP) is 1.78. The van der Waals surface area contributed by atoms with Crippen LogP contribution in [0.3, 0.4) is 0 Å². The molecule has 0 saturated carbocycles. The van der Waals surface area contributed by atoms with E-state index in [0.29, 0.717) is 6.61 Å². The van der Waals surface area contributed by atoms with Crippen molar-refractivity contribution in [1.29, 1.82) is 0 Å². The van der Waals surface area contributed by atoms with Gasteiger partial charge in [0.05, 0.1) is 12.9 Å². The summed E-state index contributed by atoms with van der Waals surface area (Å²) in [5.74, 6) is 1.22. The lowest BCUT2D eigenvalue weighted by Crippen LogP contribution is -1.80. The number of ether oxygens (including phenoxy) is 1. The maximum atomic E-state index is 10.8. The molecule has 60 valence electrons. The van der Waals surface area contributed by atoms with Crippen molar-refractivity contribution in [2.24, 2.45) is 0 Å². The predicted molar refractivity (Wildman–Crippen MR) is 41.1 cm³/mol. The van der Waals surface area contributed by atoms with Gasteiger partial charge in [-0.25, -0.2) is 0 Å². The van der Waals surface area contributed by atoms with Crippen LogP contribution in [0.15, 0.2) is 12.1 Å². The zero-order valence-corrected chi connectivity index (χ0v) is 7.17. The first-order valence-electron chi connectivity index (χ1n) is 3.23. The van der Waals surface area contributed by atoms with Crippen LogP contribution in [-0.4, -0.2) is 17.7 Å². The summed E-state index contributed by atoms with van der Waals surface area (Å²) in [5, 5.41) is 0. The fourth-order valence-electron chi connectivity index (χ4n) is 0.340. The summed E-state index contributed by atoms with van der Waals surface area (Å²) >= 11 is 0. The Balaban J connectivity index is 3.75. The SMILES string of the molecule is CCO/C=C/P(=O)(O)CC. The molecule has 0 aliphatic carbocycles. The van der Waals surface area contributed by atoms with Crippen LogP contribution >= 0.6 is 7.37 Å². The van der Waals surface area contributed by atoms with Gasteiger partial charge in [0, 0.05) is 12.0 Å². The van der Waals surface area contributed by atoms with Crippen LogP contribution < -0.4 is 0 Å². The first kappa shape index (κ1) is 9.73. The van der Waals surface area contributed by atoms with E-state index in [0.717, 1.165) is 0 Å². The second-order valence-electron chi connectivity index (χ2n) is 1.81. The quantitative estimate of drug-likeness (QED) is 0.509. The van der Waals surface area contributed by atoms with Crippen LogP contribution in [-0.2, 0) is 9.30 Å². The molecule has 0 heterocycles. The molecular weight excluding hydrogens is 151 g/mol. The van der Waals surface area contributed by atoms with Crippen molar-refractivity contribution in [2.45, 2.75) is 13.8 Å². The highest BCUT2D eigenvalue weighted by Gasteiger charge is 2.08. The molecular formula is C6H13O3P. The van der Waals surface area contributed by atoms with Crippen molar-refractivity contribution in [2.75, 3.05) is 12.8 Å². The molecule has 0 aromatic carbocycles. The van der Waals surface area contributed by atoms with Crippen LogP contribution in [0.5, 0.6) is 0 Å². The lowest BCUT2D eigenvalue weighted by Gasteiger charge is -2.00. The fourth-order valence-corrected chi connectivity index (χ4v) is 0.827. The summed E-state index contributed by atoms with van der Waals surface area (Å²) < 4.78 is 15.6. The Morgan fingerprint density at radius 1 is 1.60 bits per heavy atom. The zero-order chi connectivity index (χ0) is 8.04. The van der Waals surface area contributed by atoms with Gasteiger partial charge in [-0.2, -0.15) is 0 Å². The van der Waals surface area contributed by atoms with E-state index in [1.165, 1.54) is 12.1 Å². The van der Waals surface area contributed by atoms with Crippen LogP contribution in [0, 0.1) is 0 Å². The van der Waals surface area contributed by atoms with E-state index in [-0.39, 0.29) is 6.16 Å². The molecule has 1 atom stereocenters. The van der Waals surface area contributed by atoms with Gasteiger partial charge in [-0.1, -0.05) is 6.92 Å². The Kier molecular flexibility index (Phi) is 4.41. The second-order valence-corrected chi connectivity index (χ2v) is 4.25. The third-order valence-electron chi connectivity index (χ3n) is 1.01. The van der Waals surface area contributed by atoms with Crippen molar-refractivity contribution in [3.8, 4) is 0 Å². The first-order valence-corrected chi connectivity index (χ1v) is 5.14.